The molecule has 0 amide bonds. The van der Waals surface area contributed by atoms with Crippen molar-refractivity contribution < 1.29 is 5.11 Å². The minimum Gasteiger partial charge on any atom is -0.390 e. The first-order chi connectivity index (χ1) is 6.29. The molecule has 2 heterocycles. The van der Waals surface area contributed by atoms with E-state index in [1.54, 1.807) is 10.9 Å². The van der Waals surface area contributed by atoms with E-state index in [1.165, 1.54) is 11.3 Å². The maximum Gasteiger partial charge on any atom is 0.126 e. The van der Waals surface area contributed by atoms with Gasteiger partial charge in [0.05, 0.1) is 18.5 Å². The number of thiazole rings is 1. The zero-order chi connectivity index (χ0) is 9.26. The standard InChI is InChI=1S/C8H9N3OS/c1-11-3-6(2-9-11)8-10-7(4-12)5-13-8/h2-3,5,12H,4H2,1H3. The highest BCUT2D eigenvalue weighted by molar-refractivity contribution is 7.13. The topological polar surface area (TPSA) is 50.9 Å². The van der Waals surface area contributed by atoms with E-state index in [0.29, 0.717) is 5.69 Å². The Morgan fingerprint density at radius 3 is 3.00 bits per heavy atom. The van der Waals surface area contributed by atoms with Crippen molar-refractivity contribution in [1.82, 2.24) is 14.8 Å². The summed E-state index contributed by atoms with van der Waals surface area (Å²) in [6.07, 6.45) is 3.67. The number of aryl methyl sites for hydroxylation is 1. The summed E-state index contributed by atoms with van der Waals surface area (Å²) in [5.41, 5.74) is 1.70. The van der Waals surface area contributed by atoms with E-state index in [4.69, 9.17) is 5.11 Å². The van der Waals surface area contributed by atoms with Crippen LogP contribution < -0.4 is 0 Å². The second kappa shape index (κ2) is 3.27. The van der Waals surface area contributed by atoms with Crippen LogP contribution in [-0.2, 0) is 13.7 Å². The van der Waals surface area contributed by atoms with Gasteiger partial charge < -0.3 is 5.11 Å². The number of rotatable bonds is 2. The molecule has 0 unspecified atom stereocenters. The molecule has 2 rings (SSSR count). The molecule has 0 fully saturated rings. The second-order valence-electron chi connectivity index (χ2n) is 2.70. The lowest BCUT2D eigenvalue weighted by molar-refractivity contribution is 0.278. The van der Waals surface area contributed by atoms with E-state index in [-0.39, 0.29) is 6.61 Å². The fraction of sp³-hybridized carbons (Fsp3) is 0.250. The van der Waals surface area contributed by atoms with Crippen LogP contribution in [0.25, 0.3) is 10.6 Å². The van der Waals surface area contributed by atoms with Gasteiger partial charge in [-0.15, -0.1) is 11.3 Å². The summed E-state index contributed by atoms with van der Waals surface area (Å²) in [4.78, 5) is 4.23. The third kappa shape index (κ3) is 1.61. The van der Waals surface area contributed by atoms with Crippen molar-refractivity contribution in [3.8, 4) is 10.6 Å². The Bertz CT molecular complexity index is 407. The van der Waals surface area contributed by atoms with E-state index in [0.717, 1.165) is 10.6 Å². The van der Waals surface area contributed by atoms with Crippen molar-refractivity contribution >= 4 is 11.3 Å². The number of aliphatic hydroxyl groups excluding tert-OH is 1. The predicted octanol–water partition coefficient (Wildman–Crippen LogP) is 1.04. The maximum atomic E-state index is 8.83. The Balaban J connectivity index is 2.35. The first-order valence-electron chi connectivity index (χ1n) is 3.84. The molecule has 0 saturated carbocycles. The van der Waals surface area contributed by atoms with E-state index in [9.17, 15) is 0 Å². The van der Waals surface area contributed by atoms with Gasteiger partial charge in [0.25, 0.3) is 0 Å². The molecule has 1 N–H and O–H groups in total. The Labute approximate surface area is 79.5 Å². The van der Waals surface area contributed by atoms with Gasteiger partial charge in [0.15, 0.2) is 0 Å². The van der Waals surface area contributed by atoms with Gasteiger partial charge in [-0.25, -0.2) is 4.98 Å². The molecule has 0 aromatic carbocycles. The number of hydrogen-bond donors (Lipinski definition) is 1. The molecule has 2 aromatic heterocycles. The SMILES string of the molecule is Cn1cc(-c2nc(CO)cs2)cn1. The van der Waals surface area contributed by atoms with Crippen LogP contribution in [0.2, 0.25) is 0 Å². The molecule has 0 saturated heterocycles. The number of aromatic nitrogens is 3. The van der Waals surface area contributed by atoms with Crippen LogP contribution in [0.3, 0.4) is 0 Å². The normalized spacial score (nSPS) is 10.6. The van der Waals surface area contributed by atoms with Crippen molar-refractivity contribution in [2.24, 2.45) is 7.05 Å². The van der Waals surface area contributed by atoms with Gasteiger partial charge in [-0.2, -0.15) is 5.10 Å². The van der Waals surface area contributed by atoms with E-state index in [1.807, 2.05) is 18.6 Å². The average molecular weight is 195 g/mol. The van der Waals surface area contributed by atoms with Crippen LogP contribution >= 0.6 is 11.3 Å². The molecule has 0 spiro atoms. The van der Waals surface area contributed by atoms with Crippen LogP contribution in [0.5, 0.6) is 0 Å². The summed E-state index contributed by atoms with van der Waals surface area (Å²) >= 11 is 1.52. The largest absolute Gasteiger partial charge is 0.390 e. The summed E-state index contributed by atoms with van der Waals surface area (Å²) in [6.45, 7) is -0.00321. The van der Waals surface area contributed by atoms with Gasteiger partial charge in [0.2, 0.25) is 0 Å². The Morgan fingerprint density at radius 2 is 2.46 bits per heavy atom. The first kappa shape index (κ1) is 8.40. The van der Waals surface area contributed by atoms with Crippen LogP contribution in [0.4, 0.5) is 0 Å². The molecular weight excluding hydrogens is 186 g/mol. The third-order valence-corrected chi connectivity index (χ3v) is 2.61. The zero-order valence-electron chi connectivity index (χ0n) is 7.14. The minimum absolute atomic E-state index is 0.00321. The molecule has 5 heteroatoms. The van der Waals surface area contributed by atoms with Crippen LogP contribution in [0, 0.1) is 0 Å². The molecular formula is C8H9N3OS. The highest BCUT2D eigenvalue weighted by Crippen LogP contribution is 2.22. The van der Waals surface area contributed by atoms with Crippen LogP contribution in [-0.4, -0.2) is 19.9 Å². The first-order valence-corrected chi connectivity index (χ1v) is 4.72. The number of aliphatic hydroxyl groups is 1. The Hall–Kier alpha value is -1.20. The van der Waals surface area contributed by atoms with Crippen LogP contribution in [0.1, 0.15) is 5.69 Å². The molecule has 68 valence electrons. The molecule has 4 nitrogen and oxygen atoms in total. The lowest BCUT2D eigenvalue weighted by atomic mass is 10.4. The van der Waals surface area contributed by atoms with Gasteiger partial charge in [-0.3, -0.25) is 4.68 Å². The molecule has 0 radical (unpaired) electrons. The van der Waals surface area contributed by atoms with Gasteiger partial charge in [0.1, 0.15) is 5.01 Å². The lowest BCUT2D eigenvalue weighted by Crippen LogP contribution is -1.84. The zero-order valence-corrected chi connectivity index (χ0v) is 7.95. The summed E-state index contributed by atoms with van der Waals surface area (Å²) in [5, 5.41) is 15.6. The quantitative estimate of drug-likeness (QED) is 0.778. The van der Waals surface area contributed by atoms with Crippen molar-refractivity contribution in [2.45, 2.75) is 6.61 Å². The number of hydrogen-bond acceptors (Lipinski definition) is 4. The summed E-state index contributed by atoms with van der Waals surface area (Å²) < 4.78 is 1.73. The van der Waals surface area contributed by atoms with E-state index < -0.39 is 0 Å². The van der Waals surface area contributed by atoms with Crippen LogP contribution in [0.15, 0.2) is 17.8 Å². The van der Waals surface area contributed by atoms with E-state index in [2.05, 4.69) is 10.1 Å². The molecule has 0 bridgehead atoms. The summed E-state index contributed by atoms with van der Waals surface area (Å²) in [6, 6.07) is 0. The van der Waals surface area contributed by atoms with Crippen molar-refractivity contribution in [3.05, 3.63) is 23.5 Å². The molecule has 0 aliphatic carbocycles. The smallest absolute Gasteiger partial charge is 0.126 e. The van der Waals surface area contributed by atoms with Gasteiger partial charge in [-0.1, -0.05) is 0 Å². The molecule has 0 aliphatic rings. The maximum absolute atomic E-state index is 8.83. The molecule has 0 aliphatic heterocycles. The van der Waals surface area contributed by atoms with Crippen molar-refractivity contribution in [1.29, 1.82) is 0 Å². The van der Waals surface area contributed by atoms with Crippen molar-refractivity contribution in [3.63, 3.8) is 0 Å². The Kier molecular flexibility index (Phi) is 2.12. The molecule has 13 heavy (non-hydrogen) atoms. The van der Waals surface area contributed by atoms with Gasteiger partial charge in [0, 0.05) is 24.2 Å². The fourth-order valence-corrected chi connectivity index (χ4v) is 1.83. The number of nitrogens with zero attached hydrogens (tertiary/aromatic N) is 3. The highest BCUT2D eigenvalue weighted by Gasteiger charge is 2.05. The Morgan fingerprint density at radius 1 is 1.62 bits per heavy atom. The van der Waals surface area contributed by atoms with E-state index >= 15 is 0 Å². The van der Waals surface area contributed by atoms with Gasteiger partial charge in [-0.05, 0) is 0 Å². The minimum atomic E-state index is -0.00321. The third-order valence-electron chi connectivity index (χ3n) is 1.67. The fourth-order valence-electron chi connectivity index (χ4n) is 1.04. The predicted molar refractivity (Wildman–Crippen MR) is 50.2 cm³/mol. The second-order valence-corrected chi connectivity index (χ2v) is 3.56. The molecule has 0 atom stereocenters. The summed E-state index contributed by atoms with van der Waals surface area (Å²) in [5.74, 6) is 0. The van der Waals surface area contributed by atoms with Crippen molar-refractivity contribution in [2.75, 3.05) is 0 Å². The molecule has 2 aromatic rings. The monoisotopic (exact) mass is 195 g/mol. The summed E-state index contributed by atoms with van der Waals surface area (Å²) in [7, 11) is 1.87. The highest BCUT2D eigenvalue weighted by atomic mass is 32.1. The average Bonchev–Trinajstić information content (AvgIpc) is 2.71. The van der Waals surface area contributed by atoms with Gasteiger partial charge >= 0.3 is 0 Å². The lowest BCUT2D eigenvalue weighted by Gasteiger charge is -1.86.